The molecule has 0 atom stereocenters. The lowest BCUT2D eigenvalue weighted by Crippen LogP contribution is -2.05. The van der Waals surface area contributed by atoms with E-state index in [0.29, 0.717) is 13.2 Å². The van der Waals surface area contributed by atoms with E-state index in [2.05, 4.69) is 11.4 Å². The molecule has 0 amide bonds. The molecule has 2 rings (SSSR count). The van der Waals surface area contributed by atoms with Crippen LogP contribution in [0.2, 0.25) is 0 Å². The average molecular weight is 287 g/mol. The van der Waals surface area contributed by atoms with Crippen LogP contribution >= 0.6 is 0 Å². The molecule has 0 aliphatic carbocycles. The summed E-state index contributed by atoms with van der Waals surface area (Å²) in [6, 6.07) is 15.9. The van der Waals surface area contributed by atoms with Crippen LogP contribution in [0.4, 0.5) is 5.69 Å². The van der Waals surface area contributed by atoms with Crippen molar-refractivity contribution in [1.82, 2.24) is 0 Å². The Balaban J connectivity index is 1.91. The highest BCUT2D eigenvalue weighted by molar-refractivity contribution is 5.48. The van der Waals surface area contributed by atoms with Crippen LogP contribution in [-0.2, 0) is 11.3 Å². The number of anilines is 1. The minimum Gasteiger partial charge on any atom is -0.497 e. The topological polar surface area (TPSA) is 39.7 Å². The van der Waals surface area contributed by atoms with Crippen molar-refractivity contribution in [1.29, 1.82) is 0 Å². The molecule has 0 saturated carbocycles. The van der Waals surface area contributed by atoms with Crippen LogP contribution in [0.25, 0.3) is 0 Å². The first-order valence-electron chi connectivity index (χ1n) is 6.90. The molecule has 0 saturated heterocycles. The Morgan fingerprint density at radius 1 is 0.905 bits per heavy atom. The lowest BCUT2D eigenvalue weighted by atomic mass is 10.2. The van der Waals surface area contributed by atoms with Crippen LogP contribution in [0.1, 0.15) is 5.56 Å². The second-order valence-electron chi connectivity index (χ2n) is 4.57. The Morgan fingerprint density at radius 3 is 2.52 bits per heavy atom. The van der Waals surface area contributed by atoms with E-state index >= 15 is 0 Å². The molecule has 0 bridgehead atoms. The molecule has 4 nitrogen and oxygen atoms in total. The summed E-state index contributed by atoms with van der Waals surface area (Å²) >= 11 is 0. The largest absolute Gasteiger partial charge is 0.497 e. The minimum atomic E-state index is 0.559. The number of rotatable bonds is 8. The van der Waals surface area contributed by atoms with E-state index in [9.17, 15) is 0 Å². The molecule has 2 aromatic rings. The molecule has 0 heterocycles. The summed E-state index contributed by atoms with van der Waals surface area (Å²) in [5.74, 6) is 1.70. The third-order valence-corrected chi connectivity index (χ3v) is 3.02. The van der Waals surface area contributed by atoms with Gasteiger partial charge in [0, 0.05) is 25.4 Å². The van der Waals surface area contributed by atoms with E-state index in [1.54, 1.807) is 14.2 Å². The monoisotopic (exact) mass is 287 g/mol. The van der Waals surface area contributed by atoms with Crippen molar-refractivity contribution < 1.29 is 14.2 Å². The maximum absolute atomic E-state index is 5.60. The molecule has 0 spiro atoms. The number of ether oxygens (including phenoxy) is 3. The fourth-order valence-corrected chi connectivity index (χ4v) is 1.93. The van der Waals surface area contributed by atoms with Crippen molar-refractivity contribution >= 4 is 5.69 Å². The summed E-state index contributed by atoms with van der Waals surface area (Å²) in [6.45, 7) is 1.88. The highest BCUT2D eigenvalue weighted by Gasteiger charge is 1.99. The molecule has 0 aromatic heterocycles. The summed E-state index contributed by atoms with van der Waals surface area (Å²) in [5, 5.41) is 3.37. The fraction of sp³-hybridized carbons (Fsp3) is 0.294. The van der Waals surface area contributed by atoms with E-state index in [4.69, 9.17) is 14.2 Å². The van der Waals surface area contributed by atoms with Crippen LogP contribution in [-0.4, -0.2) is 27.4 Å². The van der Waals surface area contributed by atoms with Gasteiger partial charge in [0.25, 0.3) is 0 Å². The Kier molecular flexibility index (Phi) is 5.91. The predicted octanol–water partition coefficient (Wildman–Crippen LogP) is 3.33. The Hall–Kier alpha value is -2.20. The molecule has 0 unspecified atom stereocenters. The van der Waals surface area contributed by atoms with Crippen LogP contribution in [0.3, 0.4) is 0 Å². The highest BCUT2D eigenvalue weighted by atomic mass is 16.5. The molecule has 4 heteroatoms. The first kappa shape index (κ1) is 15.2. The summed E-state index contributed by atoms with van der Waals surface area (Å²) < 4.78 is 15.8. The van der Waals surface area contributed by atoms with Gasteiger partial charge in [0.15, 0.2) is 0 Å². The molecule has 0 radical (unpaired) electrons. The molecule has 0 aliphatic rings. The van der Waals surface area contributed by atoms with Gasteiger partial charge in [-0.05, 0) is 29.8 Å². The molecule has 21 heavy (non-hydrogen) atoms. The minimum absolute atomic E-state index is 0.559. The normalized spacial score (nSPS) is 10.2. The van der Waals surface area contributed by atoms with Crippen molar-refractivity contribution in [3.05, 3.63) is 54.1 Å². The smallest absolute Gasteiger partial charge is 0.120 e. The number of hydrogen-bond acceptors (Lipinski definition) is 4. The highest BCUT2D eigenvalue weighted by Crippen LogP contribution is 2.19. The first-order valence-corrected chi connectivity index (χ1v) is 6.90. The van der Waals surface area contributed by atoms with Crippen LogP contribution in [0.5, 0.6) is 11.5 Å². The van der Waals surface area contributed by atoms with Gasteiger partial charge in [-0.1, -0.05) is 18.2 Å². The van der Waals surface area contributed by atoms with Crippen molar-refractivity contribution in [3.63, 3.8) is 0 Å². The molecule has 0 fully saturated rings. The summed E-state index contributed by atoms with van der Waals surface area (Å²) in [4.78, 5) is 0. The van der Waals surface area contributed by atoms with Crippen molar-refractivity contribution in [2.75, 3.05) is 32.8 Å². The van der Waals surface area contributed by atoms with Crippen molar-refractivity contribution in [3.8, 4) is 11.5 Å². The average Bonchev–Trinajstić information content (AvgIpc) is 2.54. The Bertz CT molecular complexity index is 557. The van der Waals surface area contributed by atoms with Gasteiger partial charge < -0.3 is 19.5 Å². The van der Waals surface area contributed by atoms with E-state index in [1.807, 2.05) is 42.5 Å². The SMILES string of the molecule is COCCOc1cccc(CNc2cccc(OC)c2)c1. The molecular weight excluding hydrogens is 266 g/mol. The second kappa shape index (κ2) is 8.17. The van der Waals surface area contributed by atoms with Crippen molar-refractivity contribution in [2.45, 2.75) is 6.54 Å². The zero-order chi connectivity index (χ0) is 14.9. The number of hydrogen-bond donors (Lipinski definition) is 1. The van der Waals surface area contributed by atoms with E-state index in [-0.39, 0.29) is 0 Å². The molecule has 112 valence electrons. The first-order chi connectivity index (χ1) is 10.3. The molecule has 2 aromatic carbocycles. The van der Waals surface area contributed by atoms with Gasteiger partial charge in [-0.25, -0.2) is 0 Å². The number of benzene rings is 2. The third-order valence-electron chi connectivity index (χ3n) is 3.02. The van der Waals surface area contributed by atoms with Crippen LogP contribution in [0, 0.1) is 0 Å². The summed E-state index contributed by atoms with van der Waals surface area (Å²) in [6.07, 6.45) is 0. The lowest BCUT2D eigenvalue weighted by Gasteiger charge is -2.10. The molecule has 1 N–H and O–H groups in total. The van der Waals surface area contributed by atoms with Gasteiger partial charge in [-0.15, -0.1) is 0 Å². The summed E-state index contributed by atoms with van der Waals surface area (Å²) in [5.41, 5.74) is 2.19. The summed E-state index contributed by atoms with van der Waals surface area (Å²) in [7, 11) is 3.33. The second-order valence-corrected chi connectivity index (χ2v) is 4.57. The molecule has 0 aliphatic heterocycles. The maximum Gasteiger partial charge on any atom is 0.120 e. The van der Waals surface area contributed by atoms with Gasteiger partial charge in [0.2, 0.25) is 0 Å². The predicted molar refractivity (Wildman–Crippen MR) is 84.1 cm³/mol. The van der Waals surface area contributed by atoms with E-state index < -0.39 is 0 Å². The zero-order valence-electron chi connectivity index (χ0n) is 12.5. The standard InChI is InChI=1S/C17H21NO3/c1-19-9-10-21-17-8-3-5-14(11-17)13-18-15-6-4-7-16(12-15)20-2/h3-8,11-12,18H,9-10,13H2,1-2H3. The van der Waals surface area contributed by atoms with E-state index in [0.717, 1.165) is 29.3 Å². The number of nitrogens with one attached hydrogen (secondary N) is 1. The van der Waals surface area contributed by atoms with E-state index in [1.165, 1.54) is 0 Å². The van der Waals surface area contributed by atoms with Gasteiger partial charge in [-0.3, -0.25) is 0 Å². The van der Waals surface area contributed by atoms with Gasteiger partial charge in [0.05, 0.1) is 13.7 Å². The van der Waals surface area contributed by atoms with Gasteiger partial charge in [0.1, 0.15) is 18.1 Å². The zero-order valence-corrected chi connectivity index (χ0v) is 12.5. The fourth-order valence-electron chi connectivity index (χ4n) is 1.93. The Labute approximate surface area is 125 Å². The number of methoxy groups -OCH3 is 2. The van der Waals surface area contributed by atoms with Gasteiger partial charge in [-0.2, -0.15) is 0 Å². The Morgan fingerprint density at radius 2 is 1.71 bits per heavy atom. The van der Waals surface area contributed by atoms with Crippen LogP contribution < -0.4 is 14.8 Å². The van der Waals surface area contributed by atoms with Crippen LogP contribution in [0.15, 0.2) is 48.5 Å². The quantitative estimate of drug-likeness (QED) is 0.756. The van der Waals surface area contributed by atoms with Crippen molar-refractivity contribution in [2.24, 2.45) is 0 Å². The maximum atomic E-state index is 5.60. The third kappa shape index (κ3) is 5.00. The van der Waals surface area contributed by atoms with Gasteiger partial charge >= 0.3 is 0 Å². The molecular formula is C17H21NO3. The lowest BCUT2D eigenvalue weighted by molar-refractivity contribution is 0.146.